The molecule has 1 unspecified atom stereocenters. The number of amides is 1. The molecule has 3 rings (SSSR count). The largest absolute Gasteiger partial charge is 0.384 e. The maximum Gasteiger partial charge on any atom is 0.253 e. The standard InChI is InChI=1S/C18H26N2O/c1-13(14-7-3-2-4-8-14)20-18(21)16-11-5-9-15-10-6-12-19-17(15)16/h5,9,11,13-14,19H,2-4,6-8,10,12H2,1H3,(H,20,21). The second kappa shape index (κ2) is 6.50. The Morgan fingerprint density at radius 3 is 2.86 bits per heavy atom. The Bertz CT molecular complexity index is 506. The lowest BCUT2D eigenvalue weighted by molar-refractivity contribution is 0.0920. The van der Waals surface area contributed by atoms with Crippen molar-refractivity contribution in [3.8, 4) is 0 Å². The van der Waals surface area contributed by atoms with E-state index >= 15 is 0 Å². The zero-order valence-corrected chi connectivity index (χ0v) is 13.0. The third-order valence-corrected chi connectivity index (χ3v) is 5.04. The second-order valence-electron chi connectivity index (χ2n) is 6.53. The summed E-state index contributed by atoms with van der Waals surface area (Å²) in [4.78, 5) is 12.6. The molecule has 1 fully saturated rings. The van der Waals surface area contributed by atoms with E-state index in [1.807, 2.05) is 12.1 Å². The van der Waals surface area contributed by atoms with E-state index in [2.05, 4.69) is 23.6 Å². The molecule has 0 aromatic heterocycles. The number of carbonyl (C=O) groups excluding carboxylic acids is 1. The molecule has 1 aromatic carbocycles. The van der Waals surface area contributed by atoms with Gasteiger partial charge in [-0.05, 0) is 50.2 Å². The van der Waals surface area contributed by atoms with Crippen LogP contribution in [0.4, 0.5) is 5.69 Å². The van der Waals surface area contributed by atoms with Crippen molar-refractivity contribution in [3.05, 3.63) is 29.3 Å². The highest BCUT2D eigenvalue weighted by atomic mass is 16.1. The van der Waals surface area contributed by atoms with Crippen LogP contribution in [0.2, 0.25) is 0 Å². The molecule has 1 aliphatic heterocycles. The molecule has 1 heterocycles. The fourth-order valence-corrected chi connectivity index (χ4v) is 3.74. The normalized spacial score (nSPS) is 20.2. The van der Waals surface area contributed by atoms with Crippen molar-refractivity contribution in [2.75, 3.05) is 11.9 Å². The van der Waals surface area contributed by atoms with E-state index in [1.165, 1.54) is 37.7 Å². The van der Waals surface area contributed by atoms with Crippen LogP contribution in [-0.2, 0) is 6.42 Å². The summed E-state index contributed by atoms with van der Waals surface area (Å²) in [5, 5.41) is 6.64. The van der Waals surface area contributed by atoms with Crippen molar-refractivity contribution in [2.24, 2.45) is 5.92 Å². The zero-order valence-electron chi connectivity index (χ0n) is 13.0. The first-order valence-corrected chi connectivity index (χ1v) is 8.42. The van der Waals surface area contributed by atoms with Gasteiger partial charge in [0.15, 0.2) is 0 Å². The predicted molar refractivity (Wildman–Crippen MR) is 86.8 cm³/mol. The summed E-state index contributed by atoms with van der Waals surface area (Å²) in [6.45, 7) is 3.13. The van der Waals surface area contributed by atoms with Crippen LogP contribution in [0.1, 0.15) is 61.4 Å². The minimum Gasteiger partial charge on any atom is -0.384 e. The predicted octanol–water partition coefficient (Wildman–Crippen LogP) is 3.74. The molecule has 1 aliphatic carbocycles. The minimum absolute atomic E-state index is 0.0827. The van der Waals surface area contributed by atoms with Gasteiger partial charge in [-0.1, -0.05) is 31.4 Å². The molecule has 1 saturated carbocycles. The summed E-state index contributed by atoms with van der Waals surface area (Å²) in [5.41, 5.74) is 3.14. The van der Waals surface area contributed by atoms with Gasteiger partial charge in [0.1, 0.15) is 0 Å². The number of para-hydroxylation sites is 1. The number of rotatable bonds is 3. The molecular weight excluding hydrogens is 260 g/mol. The van der Waals surface area contributed by atoms with Crippen molar-refractivity contribution in [3.63, 3.8) is 0 Å². The number of hydrogen-bond acceptors (Lipinski definition) is 2. The molecule has 1 aromatic rings. The summed E-state index contributed by atoms with van der Waals surface area (Å²) in [6.07, 6.45) is 8.71. The number of anilines is 1. The Balaban J connectivity index is 1.70. The van der Waals surface area contributed by atoms with E-state index in [0.29, 0.717) is 5.92 Å². The van der Waals surface area contributed by atoms with Crippen LogP contribution in [0.5, 0.6) is 0 Å². The van der Waals surface area contributed by atoms with Crippen molar-refractivity contribution >= 4 is 11.6 Å². The second-order valence-corrected chi connectivity index (χ2v) is 6.53. The molecule has 114 valence electrons. The zero-order chi connectivity index (χ0) is 14.7. The van der Waals surface area contributed by atoms with Crippen molar-refractivity contribution < 1.29 is 4.79 Å². The van der Waals surface area contributed by atoms with E-state index in [-0.39, 0.29) is 11.9 Å². The van der Waals surface area contributed by atoms with Crippen LogP contribution in [0.15, 0.2) is 18.2 Å². The summed E-state index contributed by atoms with van der Waals surface area (Å²) in [6, 6.07) is 6.35. The number of nitrogens with one attached hydrogen (secondary N) is 2. The van der Waals surface area contributed by atoms with Crippen LogP contribution < -0.4 is 10.6 Å². The lowest BCUT2D eigenvalue weighted by atomic mass is 9.84. The molecule has 0 radical (unpaired) electrons. The van der Waals surface area contributed by atoms with Gasteiger partial charge in [0.05, 0.1) is 11.3 Å². The highest BCUT2D eigenvalue weighted by molar-refractivity contribution is 6.00. The summed E-state index contributed by atoms with van der Waals surface area (Å²) >= 11 is 0. The highest BCUT2D eigenvalue weighted by Gasteiger charge is 2.23. The van der Waals surface area contributed by atoms with Crippen LogP contribution in [-0.4, -0.2) is 18.5 Å². The molecule has 0 bridgehead atoms. The van der Waals surface area contributed by atoms with Gasteiger partial charge in [0, 0.05) is 12.6 Å². The van der Waals surface area contributed by atoms with Crippen molar-refractivity contribution in [1.29, 1.82) is 0 Å². The van der Waals surface area contributed by atoms with Crippen LogP contribution in [0.25, 0.3) is 0 Å². The van der Waals surface area contributed by atoms with E-state index in [4.69, 9.17) is 0 Å². The summed E-state index contributed by atoms with van der Waals surface area (Å²) in [7, 11) is 0. The van der Waals surface area contributed by atoms with Gasteiger partial charge < -0.3 is 10.6 Å². The Morgan fingerprint density at radius 1 is 1.24 bits per heavy atom. The monoisotopic (exact) mass is 286 g/mol. The van der Waals surface area contributed by atoms with E-state index in [0.717, 1.165) is 30.6 Å². The average Bonchev–Trinajstić information content (AvgIpc) is 2.55. The van der Waals surface area contributed by atoms with Gasteiger partial charge in [0.25, 0.3) is 5.91 Å². The molecule has 0 saturated heterocycles. The molecule has 0 spiro atoms. The lowest BCUT2D eigenvalue weighted by Crippen LogP contribution is -2.39. The third kappa shape index (κ3) is 3.22. The quantitative estimate of drug-likeness (QED) is 0.888. The molecular formula is C18H26N2O. The van der Waals surface area contributed by atoms with E-state index in [9.17, 15) is 4.79 Å². The van der Waals surface area contributed by atoms with Gasteiger partial charge in [-0.25, -0.2) is 0 Å². The highest BCUT2D eigenvalue weighted by Crippen LogP contribution is 2.28. The minimum atomic E-state index is 0.0827. The number of aryl methyl sites for hydroxylation is 1. The number of hydrogen-bond donors (Lipinski definition) is 2. The first kappa shape index (κ1) is 14.4. The summed E-state index contributed by atoms with van der Waals surface area (Å²) in [5.74, 6) is 0.731. The topological polar surface area (TPSA) is 41.1 Å². The molecule has 3 nitrogen and oxygen atoms in total. The Labute approximate surface area is 127 Å². The average molecular weight is 286 g/mol. The Morgan fingerprint density at radius 2 is 2.05 bits per heavy atom. The third-order valence-electron chi connectivity index (χ3n) is 5.04. The number of benzene rings is 1. The molecule has 1 atom stereocenters. The van der Waals surface area contributed by atoms with Gasteiger partial charge >= 0.3 is 0 Å². The van der Waals surface area contributed by atoms with E-state index < -0.39 is 0 Å². The fourth-order valence-electron chi connectivity index (χ4n) is 3.74. The molecule has 2 aliphatic rings. The number of fused-ring (bicyclic) bond motifs is 1. The first-order chi connectivity index (χ1) is 10.3. The van der Waals surface area contributed by atoms with Crippen molar-refractivity contribution in [2.45, 2.75) is 57.9 Å². The van der Waals surface area contributed by atoms with Crippen LogP contribution in [0.3, 0.4) is 0 Å². The molecule has 3 heteroatoms. The van der Waals surface area contributed by atoms with Crippen molar-refractivity contribution in [1.82, 2.24) is 5.32 Å². The number of carbonyl (C=O) groups is 1. The smallest absolute Gasteiger partial charge is 0.253 e. The Hall–Kier alpha value is -1.51. The van der Waals surface area contributed by atoms with Gasteiger partial charge in [-0.2, -0.15) is 0 Å². The van der Waals surface area contributed by atoms with Crippen LogP contribution in [0, 0.1) is 5.92 Å². The fraction of sp³-hybridized carbons (Fsp3) is 0.611. The van der Waals surface area contributed by atoms with E-state index in [1.54, 1.807) is 0 Å². The van der Waals surface area contributed by atoms with Gasteiger partial charge in [0.2, 0.25) is 0 Å². The first-order valence-electron chi connectivity index (χ1n) is 8.42. The SMILES string of the molecule is CC(NC(=O)c1cccc2c1NCCC2)C1CCCCC1. The molecule has 21 heavy (non-hydrogen) atoms. The summed E-state index contributed by atoms with van der Waals surface area (Å²) < 4.78 is 0. The Kier molecular flexibility index (Phi) is 4.47. The maximum atomic E-state index is 12.6. The lowest BCUT2D eigenvalue weighted by Gasteiger charge is -2.29. The molecule has 1 amide bonds. The van der Waals surface area contributed by atoms with Crippen LogP contribution >= 0.6 is 0 Å². The maximum absolute atomic E-state index is 12.6. The molecule has 2 N–H and O–H groups in total. The van der Waals surface area contributed by atoms with Gasteiger partial charge in [-0.3, -0.25) is 4.79 Å². The van der Waals surface area contributed by atoms with Gasteiger partial charge in [-0.15, -0.1) is 0 Å².